The first-order valence-electron chi connectivity index (χ1n) is 11.3. The van der Waals surface area contributed by atoms with Crippen molar-refractivity contribution in [1.82, 2.24) is 4.90 Å². The summed E-state index contributed by atoms with van der Waals surface area (Å²) < 4.78 is 11.7. The van der Waals surface area contributed by atoms with E-state index in [9.17, 15) is 15.0 Å². The number of carbonyl (C=O) groups is 1. The Kier molecular flexibility index (Phi) is 3.38. The molecule has 2 saturated carbocycles. The molecule has 1 aromatic carbocycles. The average molecular weight is 419 g/mol. The monoisotopic (exact) mass is 419 g/mol. The average Bonchev–Trinajstić information content (AvgIpc) is 3.26. The van der Waals surface area contributed by atoms with Crippen molar-refractivity contribution < 1.29 is 24.2 Å². The van der Waals surface area contributed by atoms with E-state index >= 15 is 0 Å². The Balaban J connectivity index is 1.43. The molecule has 0 radical (unpaired) electrons. The van der Waals surface area contributed by atoms with Crippen molar-refractivity contribution in [3.05, 3.63) is 53.0 Å². The van der Waals surface area contributed by atoms with Gasteiger partial charge in [-0.2, -0.15) is 0 Å². The molecule has 5 aliphatic rings. The summed E-state index contributed by atoms with van der Waals surface area (Å²) in [6.45, 7) is 1.84. The predicted octanol–water partition coefficient (Wildman–Crippen LogP) is 2.81. The number of carbonyl (C=O) groups excluding carboxylic acids is 1. The molecule has 0 amide bonds. The molecule has 3 fully saturated rings. The minimum Gasteiger partial charge on any atom is -0.504 e. The molecule has 2 aromatic rings. The zero-order valence-electron chi connectivity index (χ0n) is 17.2. The minimum absolute atomic E-state index is 0.0492. The van der Waals surface area contributed by atoms with Gasteiger partial charge in [0.1, 0.15) is 5.76 Å². The zero-order valence-corrected chi connectivity index (χ0v) is 17.2. The molecule has 31 heavy (non-hydrogen) atoms. The lowest BCUT2D eigenvalue weighted by atomic mass is 9.48. The molecule has 160 valence electrons. The van der Waals surface area contributed by atoms with Crippen LogP contribution in [-0.2, 0) is 16.6 Å². The van der Waals surface area contributed by atoms with E-state index in [1.54, 1.807) is 24.5 Å². The molecule has 2 aliphatic heterocycles. The van der Waals surface area contributed by atoms with E-state index in [0.29, 0.717) is 35.8 Å². The van der Waals surface area contributed by atoms with Crippen molar-refractivity contribution in [2.45, 2.75) is 55.3 Å². The highest BCUT2D eigenvalue weighted by Crippen LogP contribution is 2.65. The van der Waals surface area contributed by atoms with Crippen LogP contribution in [0, 0.1) is 5.92 Å². The van der Waals surface area contributed by atoms with E-state index in [4.69, 9.17) is 9.15 Å². The van der Waals surface area contributed by atoms with Crippen molar-refractivity contribution in [3.63, 3.8) is 0 Å². The van der Waals surface area contributed by atoms with Gasteiger partial charge in [0.15, 0.2) is 17.6 Å². The zero-order chi connectivity index (χ0) is 21.0. The number of hydrogen-bond acceptors (Lipinski definition) is 6. The number of phenols is 1. The summed E-state index contributed by atoms with van der Waals surface area (Å²) in [4.78, 5) is 16.1. The summed E-state index contributed by atoms with van der Waals surface area (Å²) in [6, 6.07) is 7.13. The number of Topliss-reactive ketones (excluding diaryl/α,β-unsaturated/α-hetero) is 1. The van der Waals surface area contributed by atoms with Crippen LogP contribution in [0.3, 0.4) is 0 Å². The lowest BCUT2D eigenvalue weighted by Crippen LogP contribution is -2.77. The molecule has 4 atom stereocenters. The van der Waals surface area contributed by atoms with Crippen molar-refractivity contribution in [2.75, 3.05) is 13.1 Å². The first-order valence-corrected chi connectivity index (χ1v) is 11.3. The van der Waals surface area contributed by atoms with Gasteiger partial charge in [-0.25, -0.2) is 0 Å². The highest BCUT2D eigenvalue weighted by atomic mass is 16.5. The van der Waals surface area contributed by atoms with E-state index < -0.39 is 17.1 Å². The van der Waals surface area contributed by atoms with Crippen LogP contribution in [-0.4, -0.2) is 51.7 Å². The third-order valence-corrected chi connectivity index (χ3v) is 8.39. The number of rotatable bonds is 3. The standard InChI is InChI=1S/C25H25NO5/c27-18-6-5-15-11-19-25(29)12-16(10-17-2-1-9-30-17)21(28)23-24(25,20(15)22(18)31-23)7-8-26(19)13-14-3-4-14/h1-2,5-6,9-10,14,19,23,27,29H,3-4,7-8,11-13H2/b16-10+/t19-,23+,24+,25-/m1/s1. The van der Waals surface area contributed by atoms with Gasteiger partial charge in [-0.1, -0.05) is 6.07 Å². The number of nitrogens with zero attached hydrogens (tertiary/aromatic N) is 1. The van der Waals surface area contributed by atoms with Crippen LogP contribution in [0.25, 0.3) is 6.08 Å². The van der Waals surface area contributed by atoms with E-state index in [1.165, 1.54) is 12.8 Å². The summed E-state index contributed by atoms with van der Waals surface area (Å²) in [5.74, 6) is 1.64. The van der Waals surface area contributed by atoms with Crippen LogP contribution in [0.5, 0.6) is 11.5 Å². The maximum absolute atomic E-state index is 13.7. The first-order chi connectivity index (χ1) is 15.0. The van der Waals surface area contributed by atoms with Gasteiger partial charge in [0.05, 0.1) is 17.3 Å². The van der Waals surface area contributed by atoms with Gasteiger partial charge in [0, 0.05) is 30.1 Å². The van der Waals surface area contributed by atoms with Crippen LogP contribution in [0.4, 0.5) is 0 Å². The van der Waals surface area contributed by atoms with Gasteiger partial charge in [0.2, 0.25) is 5.78 Å². The molecule has 6 nitrogen and oxygen atoms in total. The number of hydrogen-bond donors (Lipinski definition) is 2. The highest BCUT2D eigenvalue weighted by molar-refractivity contribution is 6.06. The maximum atomic E-state index is 13.7. The van der Waals surface area contributed by atoms with Crippen molar-refractivity contribution >= 4 is 11.9 Å². The largest absolute Gasteiger partial charge is 0.504 e. The Bertz CT molecular complexity index is 1130. The predicted molar refractivity (Wildman–Crippen MR) is 112 cm³/mol. The SMILES string of the molecule is O=C1/C(=C/c2ccco2)C[C@@]2(O)[C@H]3Cc4ccc(O)c5c4[C@@]2(CCN3CC2CC2)[C@H]1O5. The fourth-order valence-corrected chi connectivity index (χ4v) is 6.85. The molecule has 6 heteroatoms. The van der Waals surface area contributed by atoms with Crippen LogP contribution in [0.2, 0.25) is 0 Å². The van der Waals surface area contributed by atoms with E-state index in [0.717, 1.165) is 24.2 Å². The second-order valence-corrected chi connectivity index (χ2v) is 9.98. The van der Waals surface area contributed by atoms with Crippen LogP contribution in [0.15, 0.2) is 40.5 Å². The van der Waals surface area contributed by atoms with Crippen LogP contribution >= 0.6 is 0 Å². The van der Waals surface area contributed by atoms with Crippen LogP contribution in [0.1, 0.15) is 42.6 Å². The normalized spacial score (nSPS) is 37.1. The number of piperidine rings is 1. The number of likely N-dealkylation sites (tertiary alicyclic amines) is 1. The van der Waals surface area contributed by atoms with Gasteiger partial charge < -0.3 is 19.4 Å². The lowest BCUT2D eigenvalue weighted by molar-refractivity contribution is -0.180. The van der Waals surface area contributed by atoms with Gasteiger partial charge in [0.25, 0.3) is 0 Å². The Morgan fingerprint density at radius 1 is 1.26 bits per heavy atom. The lowest BCUT2D eigenvalue weighted by Gasteiger charge is -2.62. The third-order valence-electron chi connectivity index (χ3n) is 8.39. The number of ether oxygens (including phenoxy) is 1. The fourth-order valence-electron chi connectivity index (χ4n) is 6.85. The minimum atomic E-state index is -1.14. The number of aromatic hydroxyl groups is 1. The molecule has 7 rings (SSSR count). The number of aliphatic hydroxyl groups is 1. The molecule has 1 saturated heterocycles. The number of furan rings is 1. The van der Waals surface area contributed by atoms with Crippen molar-refractivity contribution in [2.24, 2.45) is 5.92 Å². The molecule has 2 bridgehead atoms. The summed E-state index contributed by atoms with van der Waals surface area (Å²) in [5.41, 5.74) is 0.553. The van der Waals surface area contributed by atoms with Crippen LogP contribution < -0.4 is 4.74 Å². The van der Waals surface area contributed by atoms with E-state index in [-0.39, 0.29) is 24.0 Å². The summed E-state index contributed by atoms with van der Waals surface area (Å²) in [6.07, 6.45) is 6.65. The van der Waals surface area contributed by atoms with Gasteiger partial charge in [-0.15, -0.1) is 0 Å². The molecular formula is C25H25NO5. The molecule has 3 aliphatic carbocycles. The molecule has 3 heterocycles. The molecule has 0 unspecified atom stereocenters. The highest BCUT2D eigenvalue weighted by Gasteiger charge is 2.74. The Hall–Kier alpha value is -2.57. The van der Waals surface area contributed by atoms with E-state index in [2.05, 4.69) is 4.90 Å². The second kappa shape index (κ2) is 5.81. The Morgan fingerprint density at radius 3 is 2.90 bits per heavy atom. The molecule has 1 spiro atoms. The summed E-state index contributed by atoms with van der Waals surface area (Å²) in [7, 11) is 0. The summed E-state index contributed by atoms with van der Waals surface area (Å²) >= 11 is 0. The fraction of sp³-hybridized carbons (Fsp3) is 0.480. The summed E-state index contributed by atoms with van der Waals surface area (Å²) in [5, 5.41) is 23.1. The molecule has 1 aromatic heterocycles. The third kappa shape index (κ3) is 2.17. The first kappa shape index (κ1) is 18.0. The molecule has 2 N–H and O–H groups in total. The quantitative estimate of drug-likeness (QED) is 0.745. The topological polar surface area (TPSA) is 83.1 Å². The maximum Gasteiger partial charge on any atom is 0.200 e. The Labute approximate surface area is 180 Å². The molecular weight excluding hydrogens is 394 g/mol. The second-order valence-electron chi connectivity index (χ2n) is 9.98. The van der Waals surface area contributed by atoms with Crippen molar-refractivity contribution in [1.29, 1.82) is 0 Å². The van der Waals surface area contributed by atoms with Gasteiger partial charge in [-0.3, -0.25) is 9.69 Å². The smallest absolute Gasteiger partial charge is 0.200 e. The van der Waals surface area contributed by atoms with Gasteiger partial charge in [-0.05, 0) is 68.0 Å². The number of phenolic OH excluding ortho intramolecular Hbond substituents is 1. The number of ketones is 1. The van der Waals surface area contributed by atoms with E-state index in [1.807, 2.05) is 12.1 Å². The number of benzene rings is 1. The van der Waals surface area contributed by atoms with Crippen molar-refractivity contribution in [3.8, 4) is 11.5 Å². The van der Waals surface area contributed by atoms with Gasteiger partial charge >= 0.3 is 0 Å². The Morgan fingerprint density at radius 2 is 2.13 bits per heavy atom.